The molecule has 0 amide bonds. The summed E-state index contributed by atoms with van der Waals surface area (Å²) in [6, 6.07) is 6.14. The molecule has 4 heteroatoms. The quantitative estimate of drug-likeness (QED) is 0.776. The van der Waals surface area contributed by atoms with E-state index in [-0.39, 0.29) is 12.4 Å². The van der Waals surface area contributed by atoms with Crippen molar-refractivity contribution in [1.29, 1.82) is 0 Å². The second-order valence-corrected chi connectivity index (χ2v) is 4.04. The van der Waals surface area contributed by atoms with E-state index in [9.17, 15) is 0 Å². The van der Waals surface area contributed by atoms with Crippen LogP contribution in [0.15, 0.2) is 22.7 Å². The molecule has 0 aliphatic carbocycles. The Morgan fingerprint density at radius 1 is 1.45 bits per heavy atom. The minimum Gasteiger partial charge on any atom is -0.326 e. The van der Waals surface area contributed by atoms with Crippen molar-refractivity contribution in [2.75, 3.05) is 0 Å². The molecule has 1 aromatic carbocycles. The van der Waals surface area contributed by atoms with Gasteiger partial charge in [0.05, 0.1) is 0 Å². The molecule has 0 spiro atoms. The number of halogens is 3. The number of nitrogens with two attached hydrogens (primary N) is 1. The van der Waals surface area contributed by atoms with Crippen LogP contribution in [0.5, 0.6) is 0 Å². The van der Waals surface area contributed by atoms with E-state index in [4.69, 9.17) is 5.73 Å². The Bertz CT molecular complexity index is 242. The van der Waals surface area contributed by atoms with Gasteiger partial charge in [-0.1, -0.05) is 15.9 Å². The molecule has 0 atom stereocenters. The second-order valence-electron chi connectivity index (χ2n) is 1.94. The van der Waals surface area contributed by atoms with Crippen LogP contribution in [0, 0.1) is 3.57 Å². The standard InChI is InChI=1S/C7H7BrIN.ClH/c8-7-2-1-6(9)3-5(7)4-10;/h1-3H,4,10H2;1H. The lowest BCUT2D eigenvalue weighted by Crippen LogP contribution is -1.97. The first kappa shape index (κ1) is 11.7. The van der Waals surface area contributed by atoms with Crippen LogP contribution in [0.1, 0.15) is 5.56 Å². The van der Waals surface area contributed by atoms with E-state index in [1.165, 1.54) is 3.57 Å². The van der Waals surface area contributed by atoms with Gasteiger partial charge in [-0.3, -0.25) is 0 Å². The summed E-state index contributed by atoms with van der Waals surface area (Å²) in [6.07, 6.45) is 0. The van der Waals surface area contributed by atoms with Crippen LogP contribution in [0.25, 0.3) is 0 Å². The summed E-state index contributed by atoms with van der Waals surface area (Å²) >= 11 is 5.68. The van der Waals surface area contributed by atoms with Gasteiger partial charge in [-0.25, -0.2) is 0 Å². The van der Waals surface area contributed by atoms with Crippen LogP contribution in [0.4, 0.5) is 0 Å². The van der Waals surface area contributed by atoms with Gasteiger partial charge in [-0.15, -0.1) is 12.4 Å². The van der Waals surface area contributed by atoms with Crippen LogP contribution in [0.2, 0.25) is 0 Å². The van der Waals surface area contributed by atoms with Crippen molar-refractivity contribution >= 4 is 50.9 Å². The summed E-state index contributed by atoms with van der Waals surface area (Å²) in [5.41, 5.74) is 6.65. The van der Waals surface area contributed by atoms with Crippen molar-refractivity contribution < 1.29 is 0 Å². The van der Waals surface area contributed by atoms with E-state index >= 15 is 0 Å². The summed E-state index contributed by atoms with van der Waals surface area (Å²) in [5.74, 6) is 0. The third-order valence-corrected chi connectivity index (χ3v) is 2.67. The van der Waals surface area contributed by atoms with Crippen molar-refractivity contribution in [2.24, 2.45) is 5.73 Å². The topological polar surface area (TPSA) is 26.0 Å². The Labute approximate surface area is 94.4 Å². The van der Waals surface area contributed by atoms with Crippen LogP contribution in [-0.2, 0) is 6.54 Å². The van der Waals surface area contributed by atoms with E-state index in [2.05, 4.69) is 44.6 Å². The molecule has 0 radical (unpaired) electrons. The average Bonchev–Trinajstić information content (AvgIpc) is 1.94. The first-order valence-corrected chi connectivity index (χ1v) is 4.75. The number of hydrogen-bond acceptors (Lipinski definition) is 1. The third kappa shape index (κ3) is 3.27. The molecule has 2 N–H and O–H groups in total. The van der Waals surface area contributed by atoms with E-state index in [1.807, 2.05) is 12.1 Å². The largest absolute Gasteiger partial charge is 0.326 e. The minimum atomic E-state index is 0. The summed E-state index contributed by atoms with van der Waals surface area (Å²) in [4.78, 5) is 0. The zero-order chi connectivity index (χ0) is 7.56. The van der Waals surface area contributed by atoms with Crippen molar-refractivity contribution in [3.05, 3.63) is 31.8 Å². The monoisotopic (exact) mass is 347 g/mol. The fourth-order valence-corrected chi connectivity index (χ4v) is 1.66. The summed E-state index contributed by atoms with van der Waals surface area (Å²) in [7, 11) is 0. The molecule has 1 aromatic rings. The Kier molecular flexibility index (Phi) is 5.68. The van der Waals surface area contributed by atoms with Crippen LogP contribution >= 0.6 is 50.9 Å². The molecule has 11 heavy (non-hydrogen) atoms. The summed E-state index contributed by atoms with van der Waals surface area (Å²) < 4.78 is 2.32. The average molecular weight is 348 g/mol. The number of hydrogen-bond donors (Lipinski definition) is 1. The highest BCUT2D eigenvalue weighted by atomic mass is 127. The number of benzene rings is 1. The lowest BCUT2D eigenvalue weighted by atomic mass is 10.2. The van der Waals surface area contributed by atoms with Gasteiger partial charge < -0.3 is 5.73 Å². The summed E-state index contributed by atoms with van der Waals surface area (Å²) in [5, 5.41) is 0. The highest BCUT2D eigenvalue weighted by Gasteiger charge is 1.96. The Morgan fingerprint density at radius 3 is 2.55 bits per heavy atom. The number of rotatable bonds is 1. The summed E-state index contributed by atoms with van der Waals surface area (Å²) in [6.45, 7) is 0.595. The molecule has 0 unspecified atom stereocenters. The Hall–Kier alpha value is 0.680. The van der Waals surface area contributed by atoms with Crippen molar-refractivity contribution in [3.63, 3.8) is 0 Å². The third-order valence-electron chi connectivity index (χ3n) is 1.23. The van der Waals surface area contributed by atoms with Crippen molar-refractivity contribution in [3.8, 4) is 0 Å². The molecule has 0 aliphatic rings. The molecule has 0 aliphatic heterocycles. The highest BCUT2D eigenvalue weighted by molar-refractivity contribution is 14.1. The first-order valence-electron chi connectivity index (χ1n) is 2.88. The molecule has 1 nitrogen and oxygen atoms in total. The van der Waals surface area contributed by atoms with Gasteiger partial charge in [0.1, 0.15) is 0 Å². The van der Waals surface area contributed by atoms with Gasteiger partial charge in [0.15, 0.2) is 0 Å². The fourth-order valence-electron chi connectivity index (χ4n) is 0.700. The van der Waals surface area contributed by atoms with Gasteiger partial charge in [0.25, 0.3) is 0 Å². The zero-order valence-corrected chi connectivity index (χ0v) is 10.2. The Morgan fingerprint density at radius 2 is 2.09 bits per heavy atom. The zero-order valence-electron chi connectivity index (χ0n) is 5.68. The van der Waals surface area contributed by atoms with E-state index in [0.717, 1.165) is 10.0 Å². The van der Waals surface area contributed by atoms with Crippen molar-refractivity contribution in [2.45, 2.75) is 6.54 Å². The molecule has 1 rings (SSSR count). The maximum absolute atomic E-state index is 5.49. The molecule has 0 saturated heterocycles. The smallest absolute Gasteiger partial charge is 0.0220 e. The molecule has 62 valence electrons. The predicted molar refractivity (Wildman–Crippen MR) is 62.0 cm³/mol. The predicted octanol–water partition coefficient (Wildman–Crippen LogP) is 2.93. The van der Waals surface area contributed by atoms with Gasteiger partial charge in [0, 0.05) is 14.6 Å². The SMILES string of the molecule is Cl.NCc1cc(I)ccc1Br. The highest BCUT2D eigenvalue weighted by Crippen LogP contribution is 2.18. The van der Waals surface area contributed by atoms with Gasteiger partial charge in [-0.2, -0.15) is 0 Å². The van der Waals surface area contributed by atoms with Gasteiger partial charge >= 0.3 is 0 Å². The van der Waals surface area contributed by atoms with Crippen LogP contribution in [-0.4, -0.2) is 0 Å². The van der Waals surface area contributed by atoms with E-state index in [1.54, 1.807) is 0 Å². The van der Waals surface area contributed by atoms with Crippen molar-refractivity contribution in [1.82, 2.24) is 0 Å². The molecular weight excluding hydrogens is 340 g/mol. The molecular formula is C7H8BrClIN. The minimum absolute atomic E-state index is 0. The molecule has 0 bridgehead atoms. The maximum Gasteiger partial charge on any atom is 0.0220 e. The van der Waals surface area contributed by atoms with Crippen LogP contribution in [0.3, 0.4) is 0 Å². The maximum atomic E-state index is 5.49. The van der Waals surface area contributed by atoms with E-state index < -0.39 is 0 Å². The normalized spacial score (nSPS) is 9.00. The fraction of sp³-hybridized carbons (Fsp3) is 0.143. The lowest BCUT2D eigenvalue weighted by Gasteiger charge is -1.99. The van der Waals surface area contributed by atoms with E-state index in [0.29, 0.717) is 6.54 Å². The molecule has 0 heterocycles. The van der Waals surface area contributed by atoms with Crippen LogP contribution < -0.4 is 5.73 Å². The van der Waals surface area contributed by atoms with Gasteiger partial charge in [0.2, 0.25) is 0 Å². The lowest BCUT2D eigenvalue weighted by molar-refractivity contribution is 1.06. The molecule has 0 fully saturated rings. The Balaban J connectivity index is 0.000001000. The molecule has 0 saturated carbocycles. The first-order chi connectivity index (χ1) is 4.74. The molecule has 0 aromatic heterocycles. The van der Waals surface area contributed by atoms with Gasteiger partial charge in [-0.05, 0) is 46.4 Å². The second kappa shape index (κ2) is 5.35.